The Balaban J connectivity index is 1.43. The van der Waals surface area contributed by atoms with Crippen LogP contribution in [0.3, 0.4) is 0 Å². The number of nitrogens with one attached hydrogen (secondary N) is 1. The number of esters is 1. The molecule has 30 heavy (non-hydrogen) atoms. The Kier molecular flexibility index (Phi) is 4.85. The Morgan fingerprint density at radius 1 is 1.27 bits per heavy atom. The molecule has 4 aromatic rings. The van der Waals surface area contributed by atoms with E-state index in [0.29, 0.717) is 28.7 Å². The van der Waals surface area contributed by atoms with E-state index in [0.717, 1.165) is 38.5 Å². The maximum Gasteiger partial charge on any atom is 0.337 e. The number of hydrogen-bond donors (Lipinski definition) is 1. The van der Waals surface area contributed by atoms with Crippen molar-refractivity contribution in [3.05, 3.63) is 62.6 Å². The highest BCUT2D eigenvalue weighted by Crippen LogP contribution is 2.34. The number of hydrogen-bond acceptors (Lipinski definition) is 6. The van der Waals surface area contributed by atoms with E-state index in [2.05, 4.69) is 9.97 Å². The van der Waals surface area contributed by atoms with Gasteiger partial charge in [-0.3, -0.25) is 4.79 Å². The van der Waals surface area contributed by atoms with Crippen LogP contribution in [0, 0.1) is 0 Å². The first-order valence-electron chi connectivity index (χ1n) is 9.26. The Bertz CT molecular complexity index is 1290. The van der Waals surface area contributed by atoms with E-state index in [-0.39, 0.29) is 11.9 Å². The van der Waals surface area contributed by atoms with Crippen molar-refractivity contribution in [2.75, 3.05) is 13.7 Å². The minimum Gasteiger partial charge on any atom is -0.465 e. The van der Waals surface area contributed by atoms with E-state index >= 15 is 0 Å². The van der Waals surface area contributed by atoms with Crippen molar-refractivity contribution in [2.24, 2.45) is 0 Å². The fourth-order valence-electron chi connectivity index (χ4n) is 3.71. The van der Waals surface area contributed by atoms with Crippen molar-refractivity contribution in [1.82, 2.24) is 14.9 Å². The maximum atomic E-state index is 13.1. The molecule has 0 aliphatic carbocycles. The molecule has 0 radical (unpaired) electrons. The molecular formula is C21H16ClN3O3S2. The number of thiazole rings is 1. The molecule has 0 saturated heterocycles. The van der Waals surface area contributed by atoms with Crippen LogP contribution in [0.4, 0.5) is 0 Å². The van der Waals surface area contributed by atoms with Gasteiger partial charge in [-0.2, -0.15) is 0 Å². The summed E-state index contributed by atoms with van der Waals surface area (Å²) >= 11 is 8.90. The molecule has 1 aromatic carbocycles. The van der Waals surface area contributed by atoms with Gasteiger partial charge in [0, 0.05) is 47.1 Å². The van der Waals surface area contributed by atoms with Crippen LogP contribution in [0.15, 0.2) is 35.7 Å². The van der Waals surface area contributed by atoms with Crippen molar-refractivity contribution < 1.29 is 14.3 Å². The van der Waals surface area contributed by atoms with Crippen LogP contribution >= 0.6 is 34.3 Å². The number of benzene rings is 1. The fraction of sp³-hybridized carbons (Fsp3) is 0.190. The predicted molar refractivity (Wildman–Crippen MR) is 119 cm³/mol. The molecule has 1 aliphatic heterocycles. The lowest BCUT2D eigenvalue weighted by molar-refractivity contribution is 0.0600. The number of amides is 1. The predicted octanol–water partition coefficient (Wildman–Crippen LogP) is 4.99. The number of methoxy groups -OCH3 is 1. The van der Waals surface area contributed by atoms with Gasteiger partial charge in [0.15, 0.2) is 0 Å². The Morgan fingerprint density at radius 2 is 2.13 bits per heavy atom. The number of carbonyl (C=O) groups excluding carboxylic acids is 2. The van der Waals surface area contributed by atoms with Gasteiger partial charge >= 0.3 is 5.97 Å². The number of thiophene rings is 1. The Morgan fingerprint density at radius 3 is 2.90 bits per heavy atom. The molecule has 4 heterocycles. The zero-order valence-electron chi connectivity index (χ0n) is 15.9. The van der Waals surface area contributed by atoms with Gasteiger partial charge in [-0.05, 0) is 30.3 Å². The van der Waals surface area contributed by atoms with Gasteiger partial charge in [0.1, 0.15) is 10.7 Å². The number of ether oxygens (including phenoxy) is 1. The second-order valence-corrected chi connectivity index (χ2v) is 9.53. The topological polar surface area (TPSA) is 75.3 Å². The molecule has 9 heteroatoms. The van der Waals surface area contributed by atoms with E-state index in [1.54, 1.807) is 16.3 Å². The molecule has 0 spiro atoms. The lowest BCUT2D eigenvalue weighted by atomic mass is 10.0. The van der Waals surface area contributed by atoms with Crippen LogP contribution in [0.1, 0.15) is 32.1 Å². The summed E-state index contributed by atoms with van der Waals surface area (Å²) < 4.78 is 5.53. The quantitative estimate of drug-likeness (QED) is 0.440. The molecule has 5 rings (SSSR count). The van der Waals surface area contributed by atoms with Crippen molar-refractivity contribution in [3.63, 3.8) is 0 Å². The molecule has 3 aromatic heterocycles. The van der Waals surface area contributed by atoms with Crippen LogP contribution < -0.4 is 0 Å². The van der Waals surface area contributed by atoms with E-state index in [9.17, 15) is 9.59 Å². The van der Waals surface area contributed by atoms with E-state index in [1.807, 2.05) is 24.3 Å². The molecule has 0 bridgehead atoms. The van der Waals surface area contributed by atoms with Crippen LogP contribution in [-0.2, 0) is 17.7 Å². The highest BCUT2D eigenvalue weighted by atomic mass is 35.5. The minimum absolute atomic E-state index is 0.0933. The molecule has 0 fully saturated rings. The summed E-state index contributed by atoms with van der Waals surface area (Å²) in [5.41, 5.74) is 4.03. The standard InChI is InChI=1S/C21H16ClN3O3S2/c1-28-21(27)11-2-3-14-12(8-11)13-9-25(7-6-15(13)23-14)20(26)16-10-29-19(24-16)17-4-5-18(22)30-17/h2-5,8,10,23H,6-7,9H2,1H3. The Hall–Kier alpha value is -2.68. The summed E-state index contributed by atoms with van der Waals surface area (Å²) in [6.07, 6.45) is 0.723. The molecular weight excluding hydrogens is 442 g/mol. The first-order chi connectivity index (χ1) is 14.5. The molecule has 0 unspecified atom stereocenters. The molecule has 6 nitrogen and oxygen atoms in total. The second-order valence-electron chi connectivity index (χ2n) is 6.95. The second kappa shape index (κ2) is 7.54. The van der Waals surface area contributed by atoms with Crippen molar-refractivity contribution >= 4 is 57.1 Å². The molecule has 1 aliphatic rings. The van der Waals surface area contributed by atoms with Gasteiger partial charge in [0.2, 0.25) is 0 Å². The summed E-state index contributed by atoms with van der Waals surface area (Å²) in [5, 5.41) is 3.53. The minimum atomic E-state index is -0.376. The van der Waals surface area contributed by atoms with Crippen LogP contribution in [-0.4, -0.2) is 40.4 Å². The smallest absolute Gasteiger partial charge is 0.337 e. The van der Waals surface area contributed by atoms with Gasteiger partial charge in [-0.25, -0.2) is 9.78 Å². The largest absolute Gasteiger partial charge is 0.465 e. The van der Waals surface area contributed by atoms with Gasteiger partial charge in [0.05, 0.1) is 21.9 Å². The number of rotatable bonds is 3. The molecule has 0 saturated carbocycles. The third-order valence-electron chi connectivity index (χ3n) is 5.19. The van der Waals surface area contributed by atoms with Gasteiger partial charge in [-0.1, -0.05) is 11.6 Å². The molecule has 1 N–H and O–H groups in total. The van der Waals surface area contributed by atoms with Gasteiger partial charge in [0.25, 0.3) is 5.91 Å². The highest BCUT2D eigenvalue weighted by Gasteiger charge is 2.27. The number of halogens is 1. The van der Waals surface area contributed by atoms with E-state index in [1.165, 1.54) is 29.8 Å². The lowest BCUT2D eigenvalue weighted by Gasteiger charge is -2.26. The van der Waals surface area contributed by atoms with Crippen molar-refractivity contribution in [3.8, 4) is 9.88 Å². The third kappa shape index (κ3) is 3.30. The number of aromatic nitrogens is 2. The first-order valence-corrected chi connectivity index (χ1v) is 11.3. The maximum absolute atomic E-state index is 13.1. The number of H-pyrrole nitrogens is 1. The number of fused-ring (bicyclic) bond motifs is 3. The number of nitrogens with zero attached hydrogens (tertiary/aromatic N) is 2. The van der Waals surface area contributed by atoms with Gasteiger partial charge < -0.3 is 14.6 Å². The average Bonchev–Trinajstić information content (AvgIpc) is 3.49. The zero-order valence-corrected chi connectivity index (χ0v) is 18.3. The normalized spacial score (nSPS) is 13.5. The van der Waals surface area contributed by atoms with Crippen molar-refractivity contribution in [1.29, 1.82) is 0 Å². The van der Waals surface area contributed by atoms with E-state index < -0.39 is 0 Å². The lowest BCUT2D eigenvalue weighted by Crippen LogP contribution is -2.36. The first kappa shape index (κ1) is 19.3. The van der Waals surface area contributed by atoms with Crippen molar-refractivity contribution in [2.45, 2.75) is 13.0 Å². The summed E-state index contributed by atoms with van der Waals surface area (Å²) in [4.78, 5) is 35.7. The van der Waals surface area contributed by atoms with Gasteiger partial charge in [-0.15, -0.1) is 22.7 Å². The summed E-state index contributed by atoms with van der Waals surface area (Å²) in [5.74, 6) is -0.469. The average molecular weight is 458 g/mol. The van der Waals surface area contributed by atoms with Crippen LogP contribution in [0.25, 0.3) is 20.8 Å². The highest BCUT2D eigenvalue weighted by molar-refractivity contribution is 7.23. The fourth-order valence-corrected chi connectivity index (χ4v) is 5.62. The van der Waals surface area contributed by atoms with Crippen LogP contribution in [0.5, 0.6) is 0 Å². The Labute approximate surface area is 185 Å². The van der Waals surface area contributed by atoms with Crippen LogP contribution in [0.2, 0.25) is 4.34 Å². The zero-order chi connectivity index (χ0) is 20.8. The monoisotopic (exact) mass is 457 g/mol. The summed E-state index contributed by atoms with van der Waals surface area (Å²) in [6.45, 7) is 1.08. The third-order valence-corrected chi connectivity index (χ3v) is 7.43. The SMILES string of the molecule is COC(=O)c1ccc2[nH]c3c(c2c1)CN(C(=O)c1csc(-c2ccc(Cl)s2)n1)CC3. The van der Waals surface area contributed by atoms with E-state index in [4.69, 9.17) is 16.3 Å². The molecule has 0 atom stereocenters. The number of aromatic amines is 1. The summed E-state index contributed by atoms with van der Waals surface area (Å²) in [6, 6.07) is 9.19. The summed E-state index contributed by atoms with van der Waals surface area (Å²) in [7, 11) is 1.37. The number of carbonyl (C=O) groups is 2. The molecule has 152 valence electrons. The molecule has 1 amide bonds.